The van der Waals surface area contributed by atoms with Gasteiger partial charge in [-0.25, -0.2) is 13.1 Å². The van der Waals surface area contributed by atoms with Crippen molar-refractivity contribution in [2.75, 3.05) is 23.7 Å². The quantitative estimate of drug-likeness (QED) is 0.415. The Morgan fingerprint density at radius 3 is 1.91 bits per heavy atom. The molecule has 4 N–H and O–H groups in total. The third kappa shape index (κ3) is 7.99. The van der Waals surface area contributed by atoms with Gasteiger partial charge >= 0.3 is 0 Å². The van der Waals surface area contributed by atoms with Crippen LogP contribution in [0.1, 0.15) is 44.5 Å². The van der Waals surface area contributed by atoms with Gasteiger partial charge < -0.3 is 16.0 Å². The first kappa shape index (κ1) is 26.0. The molecule has 0 aliphatic carbocycles. The van der Waals surface area contributed by atoms with Gasteiger partial charge in [-0.2, -0.15) is 0 Å². The smallest absolute Gasteiger partial charge is 0.251 e. The summed E-state index contributed by atoms with van der Waals surface area (Å²) in [6.45, 7) is 7.23. The van der Waals surface area contributed by atoms with Gasteiger partial charge in [-0.15, -0.1) is 0 Å². The molecule has 0 atom stereocenters. The fraction of sp³-hybridized carbons (Fsp3) is 0.348. The predicted octanol–water partition coefficient (Wildman–Crippen LogP) is 2.73. The van der Waals surface area contributed by atoms with Crippen molar-refractivity contribution in [2.45, 2.75) is 39.0 Å². The van der Waals surface area contributed by atoms with Crippen molar-refractivity contribution in [3.05, 3.63) is 54.1 Å². The molecule has 0 saturated heterocycles. The van der Waals surface area contributed by atoms with Crippen molar-refractivity contribution in [1.82, 2.24) is 10.0 Å². The number of benzene rings is 2. The van der Waals surface area contributed by atoms with Crippen molar-refractivity contribution in [3.8, 4) is 0 Å². The van der Waals surface area contributed by atoms with Gasteiger partial charge in [0.15, 0.2) is 0 Å². The van der Waals surface area contributed by atoms with Crippen molar-refractivity contribution < 1.29 is 22.8 Å². The summed E-state index contributed by atoms with van der Waals surface area (Å²) >= 11 is 0. The van der Waals surface area contributed by atoms with Crippen LogP contribution in [0.25, 0.3) is 0 Å². The summed E-state index contributed by atoms with van der Waals surface area (Å²) < 4.78 is 27.2. The highest BCUT2D eigenvalue weighted by molar-refractivity contribution is 7.89. The van der Waals surface area contributed by atoms with E-state index in [1.807, 2.05) is 0 Å². The second-order valence-corrected chi connectivity index (χ2v) is 10.1. The standard InChI is InChI=1S/C23H30N4O5S/c1-5-20(28)26-17-10-12-19(13-11-17)33(31,32)25-15-14-24-21(29)16-6-8-18(9-7-16)27-22(30)23(2,3)4/h6-13,25H,5,14-15H2,1-4H3,(H,24,29)(H,26,28)(H,27,30). The van der Waals surface area contributed by atoms with Gasteiger partial charge in [0.05, 0.1) is 4.90 Å². The molecule has 0 saturated carbocycles. The molecule has 0 aromatic heterocycles. The summed E-state index contributed by atoms with van der Waals surface area (Å²) in [7, 11) is -3.76. The van der Waals surface area contributed by atoms with Gasteiger partial charge in [0.1, 0.15) is 0 Å². The normalized spacial score (nSPS) is 11.5. The van der Waals surface area contributed by atoms with Gasteiger partial charge in [-0.1, -0.05) is 27.7 Å². The number of nitrogens with one attached hydrogen (secondary N) is 4. The Hall–Kier alpha value is -3.24. The van der Waals surface area contributed by atoms with Gasteiger partial charge in [0.2, 0.25) is 21.8 Å². The fourth-order valence-electron chi connectivity index (χ4n) is 2.54. The molecule has 0 aliphatic heterocycles. The highest BCUT2D eigenvalue weighted by Crippen LogP contribution is 2.18. The highest BCUT2D eigenvalue weighted by atomic mass is 32.2. The SMILES string of the molecule is CCC(=O)Nc1ccc(S(=O)(=O)NCCNC(=O)c2ccc(NC(=O)C(C)(C)C)cc2)cc1. The average Bonchev–Trinajstić information content (AvgIpc) is 2.76. The lowest BCUT2D eigenvalue weighted by atomic mass is 9.95. The van der Waals surface area contributed by atoms with E-state index in [1.54, 1.807) is 52.0 Å². The fourth-order valence-corrected chi connectivity index (χ4v) is 3.57. The maximum Gasteiger partial charge on any atom is 0.251 e. The van der Waals surface area contributed by atoms with E-state index in [4.69, 9.17) is 0 Å². The average molecular weight is 475 g/mol. The minimum Gasteiger partial charge on any atom is -0.351 e. The third-order valence-corrected chi connectivity index (χ3v) is 6.04. The molecule has 0 unspecified atom stereocenters. The van der Waals surface area contributed by atoms with Crippen LogP contribution in [0.15, 0.2) is 53.4 Å². The van der Waals surface area contributed by atoms with Crippen molar-refractivity contribution in [2.24, 2.45) is 5.41 Å². The minimum atomic E-state index is -3.76. The minimum absolute atomic E-state index is 0.00210. The molecular weight excluding hydrogens is 444 g/mol. The number of amides is 3. The Kier molecular flexibility index (Phi) is 8.72. The van der Waals surface area contributed by atoms with Gasteiger partial charge in [0.25, 0.3) is 5.91 Å². The molecule has 0 bridgehead atoms. The van der Waals surface area contributed by atoms with E-state index in [0.717, 1.165) is 0 Å². The molecule has 2 aromatic rings. The van der Waals surface area contributed by atoms with E-state index >= 15 is 0 Å². The first-order valence-corrected chi connectivity index (χ1v) is 12.0. The van der Waals surface area contributed by atoms with E-state index in [-0.39, 0.29) is 35.7 Å². The summed E-state index contributed by atoms with van der Waals surface area (Å²) in [5, 5.41) is 8.07. The van der Waals surface area contributed by atoms with Crippen LogP contribution in [-0.4, -0.2) is 39.2 Å². The largest absolute Gasteiger partial charge is 0.351 e. The number of carbonyl (C=O) groups is 3. The summed E-state index contributed by atoms with van der Waals surface area (Å²) in [5.41, 5.74) is 0.948. The summed E-state index contributed by atoms with van der Waals surface area (Å²) in [4.78, 5) is 35.7. The molecule has 0 aliphatic rings. The van der Waals surface area contributed by atoms with Gasteiger partial charge in [-0.05, 0) is 48.5 Å². The Labute approximate surface area is 194 Å². The Bertz CT molecular complexity index is 1090. The number of hydrogen-bond acceptors (Lipinski definition) is 5. The lowest BCUT2D eigenvalue weighted by Gasteiger charge is -2.17. The number of anilines is 2. The van der Waals surface area contributed by atoms with E-state index in [0.29, 0.717) is 23.4 Å². The first-order valence-electron chi connectivity index (χ1n) is 10.5. The molecule has 10 heteroatoms. The van der Waals surface area contributed by atoms with E-state index in [9.17, 15) is 22.8 Å². The molecule has 3 amide bonds. The van der Waals surface area contributed by atoms with Crippen LogP contribution in [0.4, 0.5) is 11.4 Å². The lowest BCUT2D eigenvalue weighted by molar-refractivity contribution is -0.123. The molecule has 178 valence electrons. The Morgan fingerprint density at radius 2 is 1.36 bits per heavy atom. The molecular formula is C23H30N4O5S. The highest BCUT2D eigenvalue weighted by Gasteiger charge is 2.21. The maximum atomic E-state index is 12.4. The van der Waals surface area contributed by atoms with Crippen molar-refractivity contribution >= 4 is 39.1 Å². The summed E-state index contributed by atoms with van der Waals surface area (Å²) in [6.07, 6.45) is 0.325. The second-order valence-electron chi connectivity index (χ2n) is 8.36. The van der Waals surface area contributed by atoms with Gasteiger partial charge in [0, 0.05) is 41.9 Å². The van der Waals surface area contributed by atoms with Crippen LogP contribution in [0, 0.1) is 5.41 Å². The molecule has 2 rings (SSSR count). The summed E-state index contributed by atoms with van der Waals surface area (Å²) in [6, 6.07) is 12.2. The van der Waals surface area contributed by atoms with Crippen LogP contribution >= 0.6 is 0 Å². The van der Waals surface area contributed by atoms with Crippen LogP contribution in [0.5, 0.6) is 0 Å². The topological polar surface area (TPSA) is 133 Å². The molecule has 2 aromatic carbocycles. The zero-order chi connectivity index (χ0) is 24.6. The monoisotopic (exact) mass is 474 g/mol. The van der Waals surface area contributed by atoms with Crippen LogP contribution in [-0.2, 0) is 19.6 Å². The van der Waals surface area contributed by atoms with Gasteiger partial charge in [-0.3, -0.25) is 14.4 Å². The molecule has 0 spiro atoms. The number of rotatable bonds is 9. The van der Waals surface area contributed by atoms with Crippen LogP contribution < -0.4 is 20.7 Å². The molecule has 0 heterocycles. The summed E-state index contributed by atoms with van der Waals surface area (Å²) in [5.74, 6) is -0.657. The number of hydrogen-bond donors (Lipinski definition) is 4. The molecule has 0 radical (unpaired) electrons. The molecule has 0 fully saturated rings. The zero-order valence-corrected chi connectivity index (χ0v) is 20.0. The number of carbonyl (C=O) groups excluding carboxylic acids is 3. The molecule has 9 nitrogen and oxygen atoms in total. The van der Waals surface area contributed by atoms with Crippen LogP contribution in [0.3, 0.4) is 0 Å². The van der Waals surface area contributed by atoms with Crippen LogP contribution in [0.2, 0.25) is 0 Å². The first-order chi connectivity index (χ1) is 15.4. The van der Waals surface area contributed by atoms with E-state index < -0.39 is 15.4 Å². The van der Waals surface area contributed by atoms with Crippen molar-refractivity contribution in [3.63, 3.8) is 0 Å². The lowest BCUT2D eigenvalue weighted by Crippen LogP contribution is -2.34. The Morgan fingerprint density at radius 1 is 0.818 bits per heavy atom. The third-order valence-electron chi connectivity index (χ3n) is 4.56. The number of sulfonamides is 1. The molecule has 33 heavy (non-hydrogen) atoms. The van der Waals surface area contributed by atoms with Crippen molar-refractivity contribution in [1.29, 1.82) is 0 Å². The predicted molar refractivity (Wildman–Crippen MR) is 127 cm³/mol. The second kappa shape index (κ2) is 11.1. The van der Waals surface area contributed by atoms with E-state index in [1.165, 1.54) is 24.3 Å². The zero-order valence-electron chi connectivity index (χ0n) is 19.2. The Balaban J connectivity index is 1.83. The van der Waals surface area contributed by atoms with E-state index in [2.05, 4.69) is 20.7 Å². The maximum absolute atomic E-state index is 12.4.